The standard InChI is InChI=1S/C17H20N6O.2ClH/c1-11-15(16(24)20-10-17(2,3)18)21-22-23(11)13-6-7-14-12(9-13)5-4-8-19-14;;/h4-9H,10,18H2,1-3H3,(H,20,24);2*1H. The molecule has 0 unspecified atom stereocenters. The highest BCUT2D eigenvalue weighted by atomic mass is 35.5. The molecular formula is C17H22Cl2N6O. The number of fused-ring (bicyclic) bond motifs is 1. The van der Waals surface area contributed by atoms with E-state index in [4.69, 9.17) is 5.73 Å². The van der Waals surface area contributed by atoms with E-state index in [1.807, 2.05) is 51.1 Å². The third-order valence-corrected chi connectivity index (χ3v) is 3.65. The van der Waals surface area contributed by atoms with Crippen LogP contribution in [0.4, 0.5) is 0 Å². The molecule has 140 valence electrons. The molecule has 0 radical (unpaired) electrons. The number of nitrogens with two attached hydrogens (primary N) is 1. The minimum atomic E-state index is -0.481. The Morgan fingerprint density at radius 3 is 2.69 bits per heavy atom. The molecule has 1 amide bonds. The summed E-state index contributed by atoms with van der Waals surface area (Å²) >= 11 is 0. The van der Waals surface area contributed by atoms with Crippen molar-refractivity contribution >= 4 is 41.6 Å². The van der Waals surface area contributed by atoms with Crippen LogP contribution in [-0.4, -0.2) is 38.0 Å². The zero-order chi connectivity index (χ0) is 17.3. The zero-order valence-electron chi connectivity index (χ0n) is 14.8. The Bertz CT molecular complexity index is 904. The molecule has 0 aliphatic carbocycles. The topological polar surface area (TPSA) is 98.7 Å². The van der Waals surface area contributed by atoms with E-state index in [9.17, 15) is 4.79 Å². The quantitative estimate of drug-likeness (QED) is 0.705. The van der Waals surface area contributed by atoms with Crippen LogP contribution in [0.2, 0.25) is 0 Å². The van der Waals surface area contributed by atoms with Gasteiger partial charge in [-0.25, -0.2) is 4.68 Å². The Balaban J connectivity index is 0.00000169. The normalized spacial score (nSPS) is 10.8. The molecule has 1 aromatic carbocycles. The Morgan fingerprint density at radius 1 is 1.27 bits per heavy atom. The molecule has 9 heteroatoms. The monoisotopic (exact) mass is 396 g/mol. The summed E-state index contributed by atoms with van der Waals surface area (Å²) in [7, 11) is 0. The summed E-state index contributed by atoms with van der Waals surface area (Å²) in [5.74, 6) is -0.278. The molecule has 2 heterocycles. The number of nitrogens with one attached hydrogen (secondary N) is 1. The van der Waals surface area contributed by atoms with Gasteiger partial charge < -0.3 is 11.1 Å². The Labute approximate surface area is 164 Å². The molecule has 0 saturated heterocycles. The van der Waals surface area contributed by atoms with Crippen molar-refractivity contribution in [2.45, 2.75) is 26.3 Å². The number of amides is 1. The number of rotatable bonds is 4. The lowest BCUT2D eigenvalue weighted by Gasteiger charge is -2.18. The minimum absolute atomic E-state index is 0. The summed E-state index contributed by atoms with van der Waals surface area (Å²) < 4.78 is 1.65. The molecule has 3 aromatic rings. The van der Waals surface area contributed by atoms with Crippen molar-refractivity contribution in [3.05, 3.63) is 47.9 Å². The molecule has 3 N–H and O–H groups in total. The van der Waals surface area contributed by atoms with Crippen LogP contribution in [0.3, 0.4) is 0 Å². The predicted octanol–water partition coefficient (Wildman–Crippen LogP) is 2.43. The molecule has 7 nitrogen and oxygen atoms in total. The lowest BCUT2D eigenvalue weighted by Crippen LogP contribution is -2.45. The molecule has 0 spiro atoms. The van der Waals surface area contributed by atoms with Crippen LogP contribution in [0.1, 0.15) is 30.0 Å². The van der Waals surface area contributed by atoms with Gasteiger partial charge in [0.05, 0.1) is 16.9 Å². The van der Waals surface area contributed by atoms with Crippen LogP contribution >= 0.6 is 24.8 Å². The van der Waals surface area contributed by atoms with Gasteiger partial charge in [-0.05, 0) is 45.0 Å². The van der Waals surface area contributed by atoms with Crippen molar-refractivity contribution in [2.24, 2.45) is 5.73 Å². The van der Waals surface area contributed by atoms with E-state index in [0.717, 1.165) is 16.6 Å². The lowest BCUT2D eigenvalue weighted by molar-refractivity contribution is 0.0940. The van der Waals surface area contributed by atoms with E-state index >= 15 is 0 Å². The first-order valence-corrected chi connectivity index (χ1v) is 7.70. The van der Waals surface area contributed by atoms with Gasteiger partial charge in [-0.2, -0.15) is 0 Å². The fraction of sp³-hybridized carbons (Fsp3) is 0.294. The van der Waals surface area contributed by atoms with E-state index in [0.29, 0.717) is 17.9 Å². The fourth-order valence-corrected chi connectivity index (χ4v) is 2.37. The smallest absolute Gasteiger partial charge is 0.273 e. The first-order chi connectivity index (χ1) is 11.3. The Morgan fingerprint density at radius 2 is 2.00 bits per heavy atom. The molecular weight excluding hydrogens is 375 g/mol. The number of carbonyl (C=O) groups excluding carboxylic acids is 1. The van der Waals surface area contributed by atoms with E-state index in [-0.39, 0.29) is 30.7 Å². The van der Waals surface area contributed by atoms with Crippen molar-refractivity contribution in [1.82, 2.24) is 25.3 Å². The van der Waals surface area contributed by atoms with Crippen LogP contribution in [0.25, 0.3) is 16.6 Å². The fourth-order valence-electron chi connectivity index (χ4n) is 2.37. The van der Waals surface area contributed by atoms with Crippen molar-refractivity contribution in [2.75, 3.05) is 6.54 Å². The molecule has 0 aliphatic heterocycles. The minimum Gasteiger partial charge on any atom is -0.349 e. The number of benzene rings is 1. The number of pyridine rings is 1. The van der Waals surface area contributed by atoms with Crippen LogP contribution in [0.5, 0.6) is 0 Å². The molecule has 2 aromatic heterocycles. The van der Waals surface area contributed by atoms with Gasteiger partial charge in [-0.1, -0.05) is 11.3 Å². The summed E-state index contributed by atoms with van der Waals surface area (Å²) in [6, 6.07) is 9.65. The van der Waals surface area contributed by atoms with Crippen molar-refractivity contribution in [3.8, 4) is 5.69 Å². The maximum absolute atomic E-state index is 12.3. The summed E-state index contributed by atoms with van der Waals surface area (Å²) in [5.41, 5.74) is 8.11. The molecule has 0 saturated carbocycles. The average molecular weight is 397 g/mol. The van der Waals surface area contributed by atoms with Gasteiger partial charge in [-0.15, -0.1) is 29.9 Å². The maximum Gasteiger partial charge on any atom is 0.273 e. The van der Waals surface area contributed by atoms with Gasteiger partial charge in [0.25, 0.3) is 5.91 Å². The highest BCUT2D eigenvalue weighted by molar-refractivity contribution is 5.93. The van der Waals surface area contributed by atoms with Crippen LogP contribution in [0, 0.1) is 6.92 Å². The third kappa shape index (κ3) is 4.69. The van der Waals surface area contributed by atoms with Gasteiger partial charge in [0.1, 0.15) is 0 Å². The lowest BCUT2D eigenvalue weighted by atomic mass is 10.1. The summed E-state index contributed by atoms with van der Waals surface area (Å²) in [6.07, 6.45) is 1.75. The van der Waals surface area contributed by atoms with E-state index in [1.165, 1.54) is 0 Å². The second-order valence-corrected chi connectivity index (χ2v) is 6.49. The van der Waals surface area contributed by atoms with Gasteiger partial charge in [0.2, 0.25) is 0 Å². The molecule has 0 fully saturated rings. The molecule has 0 atom stereocenters. The first-order valence-electron chi connectivity index (χ1n) is 7.70. The van der Waals surface area contributed by atoms with Crippen LogP contribution in [-0.2, 0) is 0 Å². The zero-order valence-corrected chi connectivity index (χ0v) is 16.4. The Hall–Kier alpha value is -2.22. The summed E-state index contributed by atoms with van der Waals surface area (Å²) in [6.45, 7) is 5.87. The molecule has 3 rings (SSSR count). The second-order valence-electron chi connectivity index (χ2n) is 6.49. The summed E-state index contributed by atoms with van der Waals surface area (Å²) in [5, 5.41) is 11.9. The molecule has 0 aliphatic rings. The van der Waals surface area contributed by atoms with Crippen molar-refractivity contribution in [3.63, 3.8) is 0 Å². The highest BCUT2D eigenvalue weighted by Crippen LogP contribution is 2.18. The van der Waals surface area contributed by atoms with Crippen LogP contribution < -0.4 is 11.1 Å². The molecule has 0 bridgehead atoms. The SMILES string of the molecule is Cc1c(C(=O)NCC(C)(C)N)nnn1-c1ccc2ncccc2c1.Cl.Cl. The van der Waals surface area contributed by atoms with Gasteiger partial charge in [0, 0.05) is 23.7 Å². The number of hydrogen-bond acceptors (Lipinski definition) is 5. The predicted molar refractivity (Wildman–Crippen MR) is 106 cm³/mol. The van der Waals surface area contributed by atoms with Gasteiger partial charge in [0.15, 0.2) is 5.69 Å². The van der Waals surface area contributed by atoms with Gasteiger partial charge >= 0.3 is 0 Å². The van der Waals surface area contributed by atoms with E-state index in [1.54, 1.807) is 10.9 Å². The van der Waals surface area contributed by atoms with E-state index in [2.05, 4.69) is 20.6 Å². The van der Waals surface area contributed by atoms with Gasteiger partial charge in [-0.3, -0.25) is 9.78 Å². The number of nitrogens with zero attached hydrogens (tertiary/aromatic N) is 4. The van der Waals surface area contributed by atoms with Crippen molar-refractivity contribution < 1.29 is 4.79 Å². The van der Waals surface area contributed by atoms with E-state index < -0.39 is 5.54 Å². The third-order valence-electron chi connectivity index (χ3n) is 3.65. The first kappa shape index (κ1) is 21.8. The highest BCUT2D eigenvalue weighted by Gasteiger charge is 2.19. The summed E-state index contributed by atoms with van der Waals surface area (Å²) in [4.78, 5) is 16.6. The number of halogens is 2. The average Bonchev–Trinajstić information content (AvgIpc) is 2.93. The largest absolute Gasteiger partial charge is 0.349 e. The second kappa shape index (κ2) is 8.44. The number of carbonyl (C=O) groups is 1. The molecule has 26 heavy (non-hydrogen) atoms. The number of hydrogen-bond donors (Lipinski definition) is 2. The number of aromatic nitrogens is 4. The van der Waals surface area contributed by atoms with Crippen LogP contribution in [0.15, 0.2) is 36.5 Å². The Kier molecular flexibility index (Phi) is 7.08. The van der Waals surface area contributed by atoms with Crippen molar-refractivity contribution in [1.29, 1.82) is 0 Å². The maximum atomic E-state index is 12.3.